The Morgan fingerprint density at radius 2 is 2.00 bits per heavy atom. The van der Waals surface area contributed by atoms with Crippen LogP contribution in [0.5, 0.6) is 0 Å². The highest BCUT2D eigenvalue weighted by Crippen LogP contribution is 2.29. The summed E-state index contributed by atoms with van der Waals surface area (Å²) in [7, 11) is 1.72. The molecule has 8 heteroatoms. The number of fused-ring (bicyclic) bond motifs is 1. The van der Waals surface area contributed by atoms with Crippen LogP contribution < -0.4 is 4.90 Å². The van der Waals surface area contributed by atoms with Gasteiger partial charge in [0, 0.05) is 23.9 Å². The van der Waals surface area contributed by atoms with Crippen LogP contribution in [-0.2, 0) is 11.2 Å². The number of ketones is 1. The van der Waals surface area contributed by atoms with E-state index < -0.39 is 0 Å². The first-order valence-electron chi connectivity index (χ1n) is 8.16. The maximum atomic E-state index is 13.0. The lowest BCUT2D eigenvalue weighted by molar-refractivity contribution is -0.117. The molecule has 0 fully saturated rings. The van der Waals surface area contributed by atoms with Gasteiger partial charge >= 0.3 is 0 Å². The number of hydrogen-bond acceptors (Lipinski definition) is 6. The van der Waals surface area contributed by atoms with Crippen LogP contribution in [-0.4, -0.2) is 34.7 Å². The van der Waals surface area contributed by atoms with Crippen molar-refractivity contribution in [2.24, 2.45) is 0 Å². The van der Waals surface area contributed by atoms with E-state index in [0.717, 1.165) is 23.0 Å². The second-order valence-electron chi connectivity index (χ2n) is 6.06. The summed E-state index contributed by atoms with van der Waals surface area (Å²) < 4.78 is 18.5. The Morgan fingerprint density at radius 3 is 2.78 bits per heavy atom. The van der Waals surface area contributed by atoms with Gasteiger partial charge in [-0.25, -0.2) is 4.39 Å². The molecule has 0 aliphatic carbocycles. The Kier molecular flexibility index (Phi) is 4.49. The summed E-state index contributed by atoms with van der Waals surface area (Å²) in [4.78, 5) is 25.8. The third kappa shape index (κ3) is 3.48. The maximum absolute atomic E-state index is 13.0. The summed E-state index contributed by atoms with van der Waals surface area (Å²) in [5, 5.41) is 8.09. The molecule has 0 spiro atoms. The minimum Gasteiger partial charge on any atom is -0.411 e. The summed E-state index contributed by atoms with van der Waals surface area (Å²) in [6, 6.07) is 11.0. The number of carbonyl (C=O) groups excluding carboxylic acids is 2. The fraction of sp³-hybridized carbons (Fsp3) is 0.158. The van der Waals surface area contributed by atoms with Crippen LogP contribution in [0.3, 0.4) is 0 Å². The molecule has 4 rings (SSSR count). The second kappa shape index (κ2) is 6.96. The molecular weight excluding hydrogens is 369 g/mol. The minimum absolute atomic E-state index is 0.0168. The maximum Gasteiger partial charge on any atom is 0.277 e. The van der Waals surface area contributed by atoms with Gasteiger partial charge in [-0.1, -0.05) is 11.8 Å². The van der Waals surface area contributed by atoms with E-state index in [1.807, 2.05) is 0 Å². The highest BCUT2D eigenvalue weighted by atomic mass is 32.2. The van der Waals surface area contributed by atoms with Crippen molar-refractivity contribution in [1.82, 2.24) is 10.2 Å². The van der Waals surface area contributed by atoms with E-state index in [1.54, 1.807) is 42.3 Å². The third-order valence-corrected chi connectivity index (χ3v) is 5.12. The summed E-state index contributed by atoms with van der Waals surface area (Å²) in [6.07, 6.45) is 0.310. The second-order valence-corrected chi connectivity index (χ2v) is 6.99. The highest BCUT2D eigenvalue weighted by molar-refractivity contribution is 7.99. The predicted octanol–water partition coefficient (Wildman–Crippen LogP) is 3.37. The zero-order valence-corrected chi connectivity index (χ0v) is 15.1. The fourth-order valence-electron chi connectivity index (χ4n) is 2.83. The third-order valence-electron chi connectivity index (χ3n) is 4.30. The smallest absolute Gasteiger partial charge is 0.277 e. The highest BCUT2D eigenvalue weighted by Gasteiger charge is 2.24. The standard InChI is InChI=1S/C19H14FN3O3S/c1-23-15-7-4-12(8-13(15)9-17(23)25)16(24)10-27-19-22-21-18(26-19)11-2-5-14(20)6-3-11/h2-8H,9-10H2,1H3. The number of carbonyl (C=O) groups is 2. The number of nitrogens with zero attached hydrogens (tertiary/aromatic N) is 3. The number of aromatic nitrogens is 2. The van der Waals surface area contributed by atoms with Gasteiger partial charge in [0.2, 0.25) is 11.8 Å². The van der Waals surface area contributed by atoms with Crippen LogP contribution in [0.2, 0.25) is 0 Å². The first-order valence-corrected chi connectivity index (χ1v) is 9.15. The first kappa shape index (κ1) is 17.4. The molecule has 1 aliphatic heterocycles. The minimum atomic E-state index is -0.347. The number of anilines is 1. The molecule has 0 bridgehead atoms. The van der Waals surface area contributed by atoms with Crippen molar-refractivity contribution in [1.29, 1.82) is 0 Å². The Hall–Kier alpha value is -3.00. The van der Waals surface area contributed by atoms with Crippen molar-refractivity contribution >= 4 is 29.1 Å². The monoisotopic (exact) mass is 383 g/mol. The van der Waals surface area contributed by atoms with Crippen molar-refractivity contribution in [3.63, 3.8) is 0 Å². The molecular formula is C19H14FN3O3S. The largest absolute Gasteiger partial charge is 0.411 e. The topological polar surface area (TPSA) is 76.3 Å². The fourth-order valence-corrected chi connectivity index (χ4v) is 3.49. The van der Waals surface area contributed by atoms with Crippen molar-refractivity contribution in [2.75, 3.05) is 17.7 Å². The van der Waals surface area contributed by atoms with Gasteiger partial charge in [-0.2, -0.15) is 0 Å². The molecule has 2 heterocycles. The number of halogens is 1. The normalized spacial score (nSPS) is 13.1. The molecule has 3 aromatic rings. The predicted molar refractivity (Wildman–Crippen MR) is 98.3 cm³/mol. The van der Waals surface area contributed by atoms with Crippen LogP contribution in [0.25, 0.3) is 11.5 Å². The Bertz CT molecular complexity index is 1030. The van der Waals surface area contributed by atoms with E-state index in [4.69, 9.17) is 4.42 Å². The molecule has 0 atom stereocenters. The van der Waals surface area contributed by atoms with Gasteiger partial charge in [0.15, 0.2) is 5.78 Å². The van der Waals surface area contributed by atoms with E-state index in [2.05, 4.69) is 10.2 Å². The number of likely N-dealkylation sites (N-methyl/N-ethyl adjacent to an activating group) is 1. The summed E-state index contributed by atoms with van der Waals surface area (Å²) in [5.74, 6) is -0.0209. The van der Waals surface area contributed by atoms with Crippen LogP contribution >= 0.6 is 11.8 Å². The summed E-state index contributed by atoms with van der Waals surface area (Å²) in [5.41, 5.74) is 2.84. The quantitative estimate of drug-likeness (QED) is 0.497. The van der Waals surface area contributed by atoms with Crippen molar-refractivity contribution in [3.8, 4) is 11.5 Å². The summed E-state index contributed by atoms with van der Waals surface area (Å²) >= 11 is 1.14. The lowest BCUT2D eigenvalue weighted by Gasteiger charge is -2.10. The zero-order chi connectivity index (χ0) is 19.0. The van der Waals surface area contributed by atoms with Crippen molar-refractivity contribution in [2.45, 2.75) is 11.6 Å². The van der Waals surface area contributed by atoms with Crippen LogP contribution in [0.1, 0.15) is 15.9 Å². The van der Waals surface area contributed by atoms with E-state index in [9.17, 15) is 14.0 Å². The molecule has 1 amide bonds. The van der Waals surface area contributed by atoms with Gasteiger partial charge < -0.3 is 9.32 Å². The Labute approximate surface area is 158 Å². The van der Waals surface area contributed by atoms with Crippen LogP contribution in [0.15, 0.2) is 52.1 Å². The average molecular weight is 383 g/mol. The molecule has 0 N–H and O–H groups in total. The van der Waals surface area contributed by atoms with Gasteiger partial charge in [-0.3, -0.25) is 9.59 Å². The van der Waals surface area contributed by atoms with Crippen LogP contribution in [0.4, 0.5) is 10.1 Å². The van der Waals surface area contributed by atoms with Gasteiger partial charge in [-0.05, 0) is 48.0 Å². The lowest BCUT2D eigenvalue weighted by atomic mass is 10.1. The number of amides is 1. The molecule has 0 saturated heterocycles. The van der Waals surface area contributed by atoms with Crippen LogP contribution in [0, 0.1) is 5.82 Å². The number of rotatable bonds is 5. The van der Waals surface area contributed by atoms with E-state index in [0.29, 0.717) is 17.5 Å². The van der Waals surface area contributed by atoms with E-state index in [1.165, 1.54) is 12.1 Å². The molecule has 0 unspecified atom stereocenters. The molecule has 1 aliphatic rings. The van der Waals surface area contributed by atoms with E-state index >= 15 is 0 Å². The molecule has 136 valence electrons. The number of benzene rings is 2. The average Bonchev–Trinajstić information content (AvgIpc) is 3.25. The molecule has 0 radical (unpaired) electrons. The molecule has 2 aromatic carbocycles. The first-order chi connectivity index (χ1) is 13.0. The molecule has 27 heavy (non-hydrogen) atoms. The molecule has 0 saturated carbocycles. The number of thioether (sulfide) groups is 1. The van der Waals surface area contributed by atoms with Crippen molar-refractivity contribution in [3.05, 3.63) is 59.4 Å². The van der Waals surface area contributed by atoms with Gasteiger partial charge in [-0.15, -0.1) is 10.2 Å². The molecule has 6 nitrogen and oxygen atoms in total. The summed E-state index contributed by atoms with van der Waals surface area (Å²) in [6.45, 7) is 0. The zero-order valence-electron chi connectivity index (χ0n) is 14.3. The van der Waals surface area contributed by atoms with Gasteiger partial charge in [0.25, 0.3) is 5.22 Å². The lowest BCUT2D eigenvalue weighted by Crippen LogP contribution is -2.20. The van der Waals surface area contributed by atoms with Gasteiger partial charge in [0.05, 0.1) is 12.2 Å². The molecule has 1 aromatic heterocycles. The number of Topliss-reactive ketones (excluding diaryl/α,β-unsaturated/α-hetero) is 1. The van der Waals surface area contributed by atoms with Crippen molar-refractivity contribution < 1.29 is 18.4 Å². The Balaban J connectivity index is 1.42. The Morgan fingerprint density at radius 1 is 1.22 bits per heavy atom. The van der Waals surface area contributed by atoms with Gasteiger partial charge in [0.1, 0.15) is 5.82 Å². The number of hydrogen-bond donors (Lipinski definition) is 0. The van der Waals surface area contributed by atoms with E-state index in [-0.39, 0.29) is 34.4 Å². The SMILES string of the molecule is CN1C(=O)Cc2cc(C(=O)CSc3nnc(-c4ccc(F)cc4)o3)ccc21.